The molecular weight excluding hydrogens is 553 g/mol. The van der Waals surface area contributed by atoms with Gasteiger partial charge in [-0.25, -0.2) is 12.8 Å². The highest BCUT2D eigenvalue weighted by Gasteiger charge is 2.32. The van der Waals surface area contributed by atoms with Crippen molar-refractivity contribution in [2.45, 2.75) is 58.0 Å². The minimum atomic E-state index is -4.19. The minimum absolute atomic E-state index is 0.0107. The Hall–Kier alpha value is -3.43. The van der Waals surface area contributed by atoms with Crippen molar-refractivity contribution in [2.24, 2.45) is 0 Å². The number of amides is 2. The zero-order valence-corrected chi connectivity index (χ0v) is 24.7. The van der Waals surface area contributed by atoms with E-state index in [-0.39, 0.29) is 17.3 Å². The third-order valence-electron chi connectivity index (χ3n) is 6.72. The number of nitrogens with zero attached hydrogens (tertiary/aromatic N) is 2. The number of anilines is 1. The van der Waals surface area contributed by atoms with Crippen molar-refractivity contribution < 1.29 is 22.4 Å². The van der Waals surface area contributed by atoms with Crippen molar-refractivity contribution in [3.05, 3.63) is 94.3 Å². The van der Waals surface area contributed by atoms with Crippen LogP contribution in [0.3, 0.4) is 0 Å². The normalized spacial score (nSPS) is 12.1. The predicted octanol–water partition coefficient (Wildman–Crippen LogP) is 5.62. The average molecular weight is 588 g/mol. The number of unbranched alkanes of at least 4 members (excludes halogenated alkanes) is 1. The van der Waals surface area contributed by atoms with Crippen LogP contribution < -0.4 is 9.62 Å². The Labute approximate surface area is 241 Å². The summed E-state index contributed by atoms with van der Waals surface area (Å²) in [5.41, 5.74) is 2.73. The molecule has 0 unspecified atom stereocenters. The Morgan fingerprint density at radius 3 is 2.23 bits per heavy atom. The van der Waals surface area contributed by atoms with Gasteiger partial charge in [0.05, 0.1) is 10.6 Å². The van der Waals surface area contributed by atoms with Crippen LogP contribution in [-0.4, -0.2) is 44.3 Å². The van der Waals surface area contributed by atoms with Gasteiger partial charge in [0.15, 0.2) is 0 Å². The fraction of sp³-hybridized carbons (Fsp3) is 0.333. The van der Waals surface area contributed by atoms with Crippen LogP contribution in [0.5, 0.6) is 0 Å². The van der Waals surface area contributed by atoms with Gasteiger partial charge in [0.25, 0.3) is 10.0 Å². The SMILES string of the molecule is CCCCNC(=O)[C@@H](C)N(Cc1ccc(F)cc1)C(=O)CN(c1ccc(C)c(C)c1)S(=O)(=O)c1ccc(Cl)cc1. The van der Waals surface area contributed by atoms with E-state index in [4.69, 9.17) is 11.6 Å². The van der Waals surface area contributed by atoms with Crippen LogP contribution in [-0.2, 0) is 26.2 Å². The molecule has 40 heavy (non-hydrogen) atoms. The molecule has 1 N–H and O–H groups in total. The third-order valence-corrected chi connectivity index (χ3v) is 8.76. The topological polar surface area (TPSA) is 86.8 Å². The van der Waals surface area contributed by atoms with Gasteiger partial charge in [-0.1, -0.05) is 43.1 Å². The van der Waals surface area contributed by atoms with E-state index < -0.39 is 34.3 Å². The predicted molar refractivity (Wildman–Crippen MR) is 156 cm³/mol. The Morgan fingerprint density at radius 1 is 0.975 bits per heavy atom. The lowest BCUT2D eigenvalue weighted by Crippen LogP contribution is -2.51. The van der Waals surface area contributed by atoms with Crippen LogP contribution in [0, 0.1) is 19.7 Å². The first-order valence-corrected chi connectivity index (χ1v) is 14.9. The molecule has 3 aromatic rings. The van der Waals surface area contributed by atoms with Gasteiger partial charge in [0, 0.05) is 18.1 Å². The molecule has 214 valence electrons. The molecule has 0 bridgehead atoms. The molecule has 0 aliphatic carbocycles. The molecule has 7 nitrogen and oxygen atoms in total. The Balaban J connectivity index is 2.02. The minimum Gasteiger partial charge on any atom is -0.354 e. The fourth-order valence-electron chi connectivity index (χ4n) is 4.05. The molecular formula is C30H35ClFN3O4S. The van der Waals surface area contributed by atoms with Crippen LogP contribution in [0.25, 0.3) is 0 Å². The van der Waals surface area contributed by atoms with Gasteiger partial charge in [-0.05, 0) is 92.4 Å². The standard InChI is InChI=1S/C30H35ClFN3O4S/c1-5-6-17-33-30(37)23(4)34(19-24-8-12-26(32)13-9-24)29(36)20-35(27-14-7-21(2)22(3)18-27)40(38,39)28-15-10-25(31)11-16-28/h7-16,18,23H,5-6,17,19-20H2,1-4H3,(H,33,37)/t23-/m1/s1. The van der Waals surface area contributed by atoms with Crippen molar-refractivity contribution in [1.82, 2.24) is 10.2 Å². The van der Waals surface area contributed by atoms with E-state index in [0.29, 0.717) is 22.8 Å². The van der Waals surface area contributed by atoms with E-state index in [1.54, 1.807) is 25.1 Å². The zero-order valence-electron chi connectivity index (χ0n) is 23.2. The van der Waals surface area contributed by atoms with E-state index in [1.165, 1.54) is 53.4 Å². The summed E-state index contributed by atoms with van der Waals surface area (Å²) in [7, 11) is -4.19. The maximum absolute atomic E-state index is 13.9. The molecule has 10 heteroatoms. The van der Waals surface area contributed by atoms with Gasteiger partial charge in [-0.3, -0.25) is 13.9 Å². The largest absolute Gasteiger partial charge is 0.354 e. The Bertz CT molecular complexity index is 1430. The lowest BCUT2D eigenvalue weighted by Gasteiger charge is -2.32. The summed E-state index contributed by atoms with van der Waals surface area (Å²) < 4.78 is 42.3. The number of nitrogens with one attached hydrogen (secondary N) is 1. The molecule has 3 aromatic carbocycles. The molecule has 0 radical (unpaired) electrons. The van der Waals surface area contributed by atoms with Gasteiger partial charge in [-0.2, -0.15) is 0 Å². The highest BCUT2D eigenvalue weighted by atomic mass is 35.5. The maximum Gasteiger partial charge on any atom is 0.264 e. The van der Waals surface area contributed by atoms with Crippen molar-refractivity contribution >= 4 is 39.1 Å². The number of benzene rings is 3. The van der Waals surface area contributed by atoms with Crippen LogP contribution in [0.1, 0.15) is 43.4 Å². The summed E-state index contributed by atoms with van der Waals surface area (Å²) in [6.07, 6.45) is 1.67. The molecule has 0 aliphatic rings. The molecule has 0 fully saturated rings. The monoisotopic (exact) mass is 587 g/mol. The van der Waals surface area contributed by atoms with Crippen molar-refractivity contribution in [1.29, 1.82) is 0 Å². The first-order chi connectivity index (χ1) is 18.9. The Kier molecular flexibility index (Phi) is 10.7. The number of carbonyl (C=O) groups is 2. The van der Waals surface area contributed by atoms with Crippen LogP contribution in [0.15, 0.2) is 71.6 Å². The summed E-state index contributed by atoms with van der Waals surface area (Å²) >= 11 is 5.99. The lowest BCUT2D eigenvalue weighted by atomic mass is 10.1. The molecule has 3 rings (SSSR count). The summed E-state index contributed by atoms with van der Waals surface area (Å²) in [6, 6.07) is 15.6. The third kappa shape index (κ3) is 7.82. The Morgan fingerprint density at radius 2 is 1.62 bits per heavy atom. The van der Waals surface area contributed by atoms with Gasteiger partial charge >= 0.3 is 0 Å². The number of hydrogen-bond donors (Lipinski definition) is 1. The summed E-state index contributed by atoms with van der Waals surface area (Å²) in [6.45, 7) is 7.25. The van der Waals surface area contributed by atoms with Crippen molar-refractivity contribution in [3.63, 3.8) is 0 Å². The lowest BCUT2D eigenvalue weighted by molar-refractivity contribution is -0.139. The van der Waals surface area contributed by atoms with E-state index in [2.05, 4.69) is 5.32 Å². The first-order valence-electron chi connectivity index (χ1n) is 13.1. The summed E-state index contributed by atoms with van der Waals surface area (Å²) in [4.78, 5) is 28.2. The first kappa shape index (κ1) is 31.1. The van der Waals surface area contributed by atoms with Crippen LogP contribution in [0.2, 0.25) is 5.02 Å². The number of sulfonamides is 1. The molecule has 0 spiro atoms. The molecule has 1 atom stereocenters. The van der Waals surface area contributed by atoms with Gasteiger partial charge < -0.3 is 10.2 Å². The second-order valence-electron chi connectivity index (χ2n) is 9.70. The highest BCUT2D eigenvalue weighted by Crippen LogP contribution is 2.27. The molecule has 0 heterocycles. The highest BCUT2D eigenvalue weighted by molar-refractivity contribution is 7.92. The van der Waals surface area contributed by atoms with Crippen LogP contribution >= 0.6 is 11.6 Å². The van der Waals surface area contributed by atoms with Gasteiger partial charge in [0.1, 0.15) is 18.4 Å². The van der Waals surface area contributed by atoms with Crippen molar-refractivity contribution in [3.8, 4) is 0 Å². The zero-order chi connectivity index (χ0) is 29.4. The molecule has 0 aromatic heterocycles. The number of aryl methyl sites for hydroxylation is 2. The number of halogens is 2. The second kappa shape index (κ2) is 13.8. The van der Waals surface area contributed by atoms with Gasteiger partial charge in [0.2, 0.25) is 11.8 Å². The second-order valence-corrected chi connectivity index (χ2v) is 12.0. The summed E-state index contributed by atoms with van der Waals surface area (Å²) in [5, 5.41) is 3.21. The van der Waals surface area contributed by atoms with E-state index in [1.807, 2.05) is 20.8 Å². The average Bonchev–Trinajstić information content (AvgIpc) is 2.92. The van der Waals surface area contributed by atoms with Crippen molar-refractivity contribution in [2.75, 3.05) is 17.4 Å². The van der Waals surface area contributed by atoms with E-state index in [0.717, 1.165) is 28.3 Å². The molecule has 0 saturated carbocycles. The quantitative estimate of drug-likeness (QED) is 0.279. The molecule has 2 amide bonds. The number of carbonyl (C=O) groups excluding carboxylic acids is 2. The molecule has 0 saturated heterocycles. The smallest absolute Gasteiger partial charge is 0.264 e. The molecule has 0 aliphatic heterocycles. The van der Waals surface area contributed by atoms with E-state index >= 15 is 0 Å². The fourth-order valence-corrected chi connectivity index (χ4v) is 5.58. The van der Waals surface area contributed by atoms with E-state index in [9.17, 15) is 22.4 Å². The van der Waals surface area contributed by atoms with Gasteiger partial charge in [-0.15, -0.1) is 0 Å². The summed E-state index contributed by atoms with van der Waals surface area (Å²) in [5.74, 6) is -1.37. The maximum atomic E-state index is 13.9. The van der Waals surface area contributed by atoms with Crippen LogP contribution in [0.4, 0.5) is 10.1 Å². The number of rotatable bonds is 12. The number of hydrogen-bond acceptors (Lipinski definition) is 4.